The normalized spacial score (nSPS) is 11.6. The van der Waals surface area contributed by atoms with Crippen molar-refractivity contribution in [3.05, 3.63) is 24.3 Å². The summed E-state index contributed by atoms with van der Waals surface area (Å²) in [6.45, 7) is 3.67. The van der Waals surface area contributed by atoms with Crippen LogP contribution in [-0.2, 0) is 10.3 Å². The summed E-state index contributed by atoms with van der Waals surface area (Å²) in [6.07, 6.45) is 2.80. The van der Waals surface area contributed by atoms with Gasteiger partial charge in [-0.1, -0.05) is 26.0 Å². The number of carboxylic acid groups (broad SMARTS) is 1. The van der Waals surface area contributed by atoms with Crippen LogP contribution >= 0.6 is 11.8 Å². The average Bonchev–Trinajstić information content (AvgIpc) is 2.98. The van der Waals surface area contributed by atoms with Gasteiger partial charge in [0.25, 0.3) is 0 Å². The van der Waals surface area contributed by atoms with E-state index in [-0.39, 0.29) is 0 Å². The zero-order valence-corrected chi connectivity index (χ0v) is 13.1. The van der Waals surface area contributed by atoms with Gasteiger partial charge in [-0.25, -0.2) is 9.48 Å². The molecule has 0 bridgehead atoms. The largest absolute Gasteiger partial charge is 0.479 e. The van der Waals surface area contributed by atoms with Gasteiger partial charge in [0.1, 0.15) is 0 Å². The minimum atomic E-state index is -1.12. The number of hydrogen-bond donors (Lipinski definition) is 1. The number of rotatable bonds is 6. The quantitative estimate of drug-likeness (QED) is 0.826. The summed E-state index contributed by atoms with van der Waals surface area (Å²) >= 11 is 1.58. The Kier molecular flexibility index (Phi) is 4.62. The number of aromatic nitrogens is 4. The molecule has 0 amide bonds. The number of carbonyl (C=O) groups is 1. The van der Waals surface area contributed by atoms with E-state index in [1.807, 2.05) is 44.4 Å². The number of aliphatic carboxylic acids is 1. The van der Waals surface area contributed by atoms with Crippen LogP contribution in [-0.4, -0.2) is 37.5 Å². The SMILES string of the molecule is CCC(CC)(C(=O)O)n1nnnc1-c1ccccc1SC. The van der Waals surface area contributed by atoms with Crippen LogP contribution in [0, 0.1) is 0 Å². The number of thioether (sulfide) groups is 1. The highest BCUT2D eigenvalue weighted by atomic mass is 32.2. The van der Waals surface area contributed by atoms with Crippen molar-refractivity contribution >= 4 is 17.7 Å². The molecule has 1 N–H and O–H groups in total. The van der Waals surface area contributed by atoms with Gasteiger partial charge in [-0.2, -0.15) is 0 Å². The van der Waals surface area contributed by atoms with Gasteiger partial charge in [-0.15, -0.1) is 16.9 Å². The third-order valence-electron chi connectivity index (χ3n) is 3.79. The van der Waals surface area contributed by atoms with Crippen LogP contribution in [0.15, 0.2) is 29.2 Å². The van der Waals surface area contributed by atoms with Gasteiger partial charge < -0.3 is 5.11 Å². The standard InChI is InChI=1S/C14H18N4O2S/c1-4-14(5-2,13(19)20)18-12(15-16-17-18)10-8-6-7-9-11(10)21-3/h6-9H,4-5H2,1-3H3,(H,19,20). The maximum atomic E-state index is 11.8. The molecule has 1 heterocycles. The molecule has 7 heteroatoms. The number of hydrogen-bond acceptors (Lipinski definition) is 5. The molecule has 0 spiro atoms. The lowest BCUT2D eigenvalue weighted by Crippen LogP contribution is -2.42. The van der Waals surface area contributed by atoms with E-state index in [0.29, 0.717) is 18.7 Å². The summed E-state index contributed by atoms with van der Waals surface area (Å²) in [7, 11) is 0. The summed E-state index contributed by atoms with van der Waals surface area (Å²) in [6, 6.07) is 7.72. The van der Waals surface area contributed by atoms with E-state index in [0.717, 1.165) is 10.5 Å². The number of carboxylic acids is 1. The molecule has 1 aromatic carbocycles. The summed E-state index contributed by atoms with van der Waals surface area (Å²) in [5, 5.41) is 21.4. The first-order valence-corrected chi connectivity index (χ1v) is 7.98. The minimum Gasteiger partial charge on any atom is -0.479 e. The highest BCUT2D eigenvalue weighted by Gasteiger charge is 2.40. The molecule has 1 aromatic heterocycles. The van der Waals surface area contributed by atoms with Crippen molar-refractivity contribution in [2.45, 2.75) is 37.1 Å². The Labute approximate surface area is 127 Å². The van der Waals surface area contributed by atoms with Crippen molar-refractivity contribution in [3.8, 4) is 11.4 Å². The van der Waals surface area contributed by atoms with Crippen molar-refractivity contribution < 1.29 is 9.90 Å². The highest BCUT2D eigenvalue weighted by molar-refractivity contribution is 7.98. The molecule has 0 aliphatic rings. The van der Waals surface area contributed by atoms with Crippen molar-refractivity contribution in [2.75, 3.05) is 6.26 Å². The Morgan fingerprint density at radius 1 is 1.33 bits per heavy atom. The van der Waals surface area contributed by atoms with E-state index in [1.54, 1.807) is 11.8 Å². The van der Waals surface area contributed by atoms with Gasteiger partial charge in [-0.05, 0) is 41.7 Å². The Balaban J connectivity index is 2.65. The molecular weight excluding hydrogens is 288 g/mol. The Bertz CT molecular complexity index is 637. The fourth-order valence-corrected chi connectivity index (χ4v) is 3.01. The third kappa shape index (κ3) is 2.53. The van der Waals surface area contributed by atoms with Crippen LogP contribution in [0.5, 0.6) is 0 Å². The molecule has 0 aliphatic heterocycles. The summed E-state index contributed by atoms with van der Waals surface area (Å²) in [4.78, 5) is 12.8. The van der Waals surface area contributed by atoms with Crippen LogP contribution in [0.3, 0.4) is 0 Å². The van der Waals surface area contributed by atoms with Gasteiger partial charge in [0, 0.05) is 10.5 Å². The van der Waals surface area contributed by atoms with Crippen LogP contribution in [0.25, 0.3) is 11.4 Å². The Hall–Kier alpha value is -1.89. The second-order valence-electron chi connectivity index (χ2n) is 4.66. The van der Waals surface area contributed by atoms with E-state index >= 15 is 0 Å². The van der Waals surface area contributed by atoms with Gasteiger partial charge in [0.15, 0.2) is 11.4 Å². The fraction of sp³-hybridized carbons (Fsp3) is 0.429. The van der Waals surface area contributed by atoms with E-state index in [9.17, 15) is 9.90 Å². The molecule has 2 rings (SSSR count). The first-order valence-electron chi connectivity index (χ1n) is 6.76. The van der Waals surface area contributed by atoms with Crippen molar-refractivity contribution in [3.63, 3.8) is 0 Å². The zero-order chi connectivity index (χ0) is 15.5. The summed E-state index contributed by atoms with van der Waals surface area (Å²) < 4.78 is 1.45. The molecule has 112 valence electrons. The second kappa shape index (κ2) is 6.26. The highest BCUT2D eigenvalue weighted by Crippen LogP contribution is 2.33. The van der Waals surface area contributed by atoms with Crippen LogP contribution in [0.4, 0.5) is 0 Å². The van der Waals surface area contributed by atoms with Crippen molar-refractivity contribution in [2.24, 2.45) is 0 Å². The number of nitrogens with zero attached hydrogens (tertiary/aromatic N) is 4. The Morgan fingerprint density at radius 2 is 2.00 bits per heavy atom. The average molecular weight is 306 g/mol. The number of tetrazole rings is 1. The van der Waals surface area contributed by atoms with Gasteiger partial charge >= 0.3 is 5.97 Å². The first kappa shape index (κ1) is 15.5. The van der Waals surface area contributed by atoms with E-state index in [2.05, 4.69) is 15.5 Å². The van der Waals surface area contributed by atoms with Gasteiger partial charge in [0.2, 0.25) is 0 Å². The third-order valence-corrected chi connectivity index (χ3v) is 4.59. The molecule has 21 heavy (non-hydrogen) atoms. The zero-order valence-electron chi connectivity index (χ0n) is 12.3. The van der Waals surface area contributed by atoms with E-state index < -0.39 is 11.5 Å². The van der Waals surface area contributed by atoms with Gasteiger partial charge in [0.05, 0.1) is 0 Å². The van der Waals surface area contributed by atoms with E-state index in [4.69, 9.17) is 0 Å². The fourth-order valence-electron chi connectivity index (χ4n) is 2.42. The molecule has 0 atom stereocenters. The molecule has 0 radical (unpaired) electrons. The lowest BCUT2D eigenvalue weighted by molar-refractivity contribution is -0.148. The van der Waals surface area contributed by atoms with Crippen LogP contribution < -0.4 is 0 Å². The smallest absolute Gasteiger partial charge is 0.331 e. The molecule has 0 unspecified atom stereocenters. The van der Waals surface area contributed by atoms with Crippen LogP contribution in [0.2, 0.25) is 0 Å². The lowest BCUT2D eigenvalue weighted by atomic mass is 9.92. The lowest BCUT2D eigenvalue weighted by Gasteiger charge is -2.27. The molecule has 0 saturated heterocycles. The minimum absolute atomic E-state index is 0.415. The predicted molar refractivity (Wildman–Crippen MR) is 81.2 cm³/mol. The van der Waals surface area contributed by atoms with Crippen molar-refractivity contribution in [1.29, 1.82) is 0 Å². The number of benzene rings is 1. The maximum absolute atomic E-state index is 11.8. The Morgan fingerprint density at radius 3 is 2.57 bits per heavy atom. The van der Waals surface area contributed by atoms with Crippen LogP contribution in [0.1, 0.15) is 26.7 Å². The monoisotopic (exact) mass is 306 g/mol. The molecule has 6 nitrogen and oxygen atoms in total. The van der Waals surface area contributed by atoms with Crippen molar-refractivity contribution in [1.82, 2.24) is 20.2 Å². The predicted octanol–water partition coefficient (Wildman–Crippen LogP) is 2.66. The maximum Gasteiger partial charge on any atom is 0.331 e. The van der Waals surface area contributed by atoms with E-state index in [1.165, 1.54) is 4.68 Å². The second-order valence-corrected chi connectivity index (χ2v) is 5.51. The first-order chi connectivity index (χ1) is 10.1. The molecular formula is C14H18N4O2S. The summed E-state index contributed by atoms with van der Waals surface area (Å²) in [5.74, 6) is -0.422. The molecule has 0 saturated carbocycles. The summed E-state index contributed by atoms with van der Waals surface area (Å²) in [5.41, 5.74) is -0.271. The molecule has 2 aromatic rings. The van der Waals surface area contributed by atoms with Gasteiger partial charge in [-0.3, -0.25) is 0 Å². The molecule has 0 fully saturated rings. The topological polar surface area (TPSA) is 80.9 Å². The molecule has 0 aliphatic carbocycles.